The highest BCUT2D eigenvalue weighted by molar-refractivity contribution is 5.85. The maximum atomic E-state index is 11.0. The molecular formula is C14H16O5. The van der Waals surface area contributed by atoms with Crippen molar-refractivity contribution in [3.8, 4) is 0 Å². The van der Waals surface area contributed by atoms with Crippen LogP contribution in [0.15, 0.2) is 42.0 Å². The van der Waals surface area contributed by atoms with Gasteiger partial charge in [0, 0.05) is 11.6 Å². The first-order valence-corrected chi connectivity index (χ1v) is 6.02. The average Bonchev–Trinajstić information content (AvgIpc) is 2.86. The number of aliphatic hydroxyl groups excluding tert-OH is 2. The first-order valence-electron chi connectivity index (χ1n) is 6.02. The minimum Gasteiger partial charge on any atom is -0.458 e. The Kier molecular flexibility index (Phi) is 4.68. The topological polar surface area (TPSA) is 76.0 Å². The van der Waals surface area contributed by atoms with Gasteiger partial charge < -0.3 is 19.7 Å². The summed E-state index contributed by atoms with van der Waals surface area (Å²) >= 11 is 0. The zero-order chi connectivity index (χ0) is 13.7. The molecule has 19 heavy (non-hydrogen) atoms. The van der Waals surface area contributed by atoms with Crippen LogP contribution in [0.5, 0.6) is 0 Å². The Morgan fingerprint density at radius 1 is 1.32 bits per heavy atom. The van der Waals surface area contributed by atoms with Crippen LogP contribution in [0.1, 0.15) is 5.56 Å². The van der Waals surface area contributed by atoms with Gasteiger partial charge in [-0.3, -0.25) is 0 Å². The SMILES string of the molecule is O=C1C=C([C@@H](OCc2ccccc2)[C@H](O)CO)CO1. The largest absolute Gasteiger partial charge is 0.458 e. The molecule has 1 heterocycles. The molecule has 102 valence electrons. The van der Waals surface area contributed by atoms with Crippen molar-refractivity contribution < 1.29 is 24.5 Å². The van der Waals surface area contributed by atoms with Gasteiger partial charge in [0.15, 0.2) is 0 Å². The van der Waals surface area contributed by atoms with Crippen LogP contribution in [0.2, 0.25) is 0 Å². The average molecular weight is 264 g/mol. The van der Waals surface area contributed by atoms with Gasteiger partial charge in [-0.25, -0.2) is 4.79 Å². The van der Waals surface area contributed by atoms with E-state index in [0.29, 0.717) is 5.57 Å². The minimum absolute atomic E-state index is 0.0926. The summed E-state index contributed by atoms with van der Waals surface area (Å²) in [6.45, 7) is -0.0611. The van der Waals surface area contributed by atoms with Crippen LogP contribution in [-0.2, 0) is 20.9 Å². The summed E-state index contributed by atoms with van der Waals surface area (Å²) in [5.41, 5.74) is 1.49. The number of rotatable bonds is 6. The van der Waals surface area contributed by atoms with E-state index in [4.69, 9.17) is 14.6 Å². The molecule has 0 radical (unpaired) electrons. The van der Waals surface area contributed by atoms with Gasteiger partial charge in [-0.2, -0.15) is 0 Å². The summed E-state index contributed by atoms with van der Waals surface area (Å²) in [7, 11) is 0. The number of ether oxygens (including phenoxy) is 2. The zero-order valence-corrected chi connectivity index (χ0v) is 10.4. The summed E-state index contributed by atoms with van der Waals surface area (Å²) in [5, 5.41) is 18.8. The van der Waals surface area contributed by atoms with Crippen LogP contribution in [-0.4, -0.2) is 41.6 Å². The van der Waals surface area contributed by atoms with Crippen molar-refractivity contribution in [2.45, 2.75) is 18.8 Å². The predicted molar refractivity (Wildman–Crippen MR) is 67.2 cm³/mol. The first-order chi connectivity index (χ1) is 9.20. The molecule has 5 nitrogen and oxygen atoms in total. The molecule has 1 aromatic carbocycles. The van der Waals surface area contributed by atoms with Crippen molar-refractivity contribution in [1.29, 1.82) is 0 Å². The van der Waals surface area contributed by atoms with Gasteiger partial charge >= 0.3 is 5.97 Å². The Morgan fingerprint density at radius 2 is 2.05 bits per heavy atom. The lowest BCUT2D eigenvalue weighted by Gasteiger charge is -2.22. The van der Waals surface area contributed by atoms with Crippen LogP contribution in [0.25, 0.3) is 0 Å². The standard InChI is InChI=1S/C14H16O5/c15-7-12(16)14(11-6-13(17)18-9-11)19-8-10-4-2-1-3-5-10/h1-6,12,14-16H,7-9H2/t12-,14-/m1/s1. The Balaban J connectivity index is 2.02. The normalized spacial score (nSPS) is 17.8. The first kappa shape index (κ1) is 13.7. The highest BCUT2D eigenvalue weighted by Gasteiger charge is 2.28. The van der Waals surface area contributed by atoms with Crippen molar-refractivity contribution in [2.24, 2.45) is 0 Å². The Morgan fingerprint density at radius 3 is 2.63 bits per heavy atom. The number of cyclic esters (lactones) is 1. The molecule has 2 rings (SSSR count). The lowest BCUT2D eigenvalue weighted by atomic mass is 10.1. The third kappa shape index (κ3) is 3.64. The van der Waals surface area contributed by atoms with Crippen LogP contribution in [0, 0.1) is 0 Å². The minimum atomic E-state index is -1.08. The zero-order valence-electron chi connectivity index (χ0n) is 10.4. The summed E-state index contributed by atoms with van der Waals surface area (Å²) in [6.07, 6.45) is -0.518. The molecule has 1 aliphatic heterocycles. The molecule has 5 heteroatoms. The highest BCUT2D eigenvalue weighted by atomic mass is 16.5. The van der Waals surface area contributed by atoms with E-state index in [-0.39, 0.29) is 13.2 Å². The molecule has 0 amide bonds. The van der Waals surface area contributed by atoms with Gasteiger partial charge in [0.1, 0.15) is 18.8 Å². The molecule has 0 aliphatic carbocycles. The summed E-state index contributed by atoms with van der Waals surface area (Å²) < 4.78 is 10.4. The van der Waals surface area contributed by atoms with E-state index in [2.05, 4.69) is 0 Å². The number of aliphatic hydroxyl groups is 2. The number of carbonyl (C=O) groups is 1. The number of esters is 1. The fourth-order valence-corrected chi connectivity index (χ4v) is 1.87. The number of benzene rings is 1. The van der Waals surface area contributed by atoms with Crippen LogP contribution >= 0.6 is 0 Å². The van der Waals surface area contributed by atoms with Gasteiger partial charge in [0.25, 0.3) is 0 Å². The molecule has 1 aromatic rings. The number of hydrogen-bond donors (Lipinski definition) is 2. The van der Waals surface area contributed by atoms with E-state index in [1.54, 1.807) is 0 Å². The Bertz CT molecular complexity index is 454. The lowest BCUT2D eigenvalue weighted by Crippen LogP contribution is -2.34. The molecule has 0 spiro atoms. The molecule has 1 aliphatic rings. The van der Waals surface area contributed by atoms with E-state index in [1.807, 2.05) is 30.3 Å². The van der Waals surface area contributed by atoms with E-state index in [1.165, 1.54) is 6.08 Å². The summed E-state index contributed by atoms with van der Waals surface area (Å²) in [4.78, 5) is 11.0. The smallest absolute Gasteiger partial charge is 0.331 e. The van der Waals surface area contributed by atoms with Crippen LogP contribution in [0.4, 0.5) is 0 Å². The molecule has 0 bridgehead atoms. The van der Waals surface area contributed by atoms with Gasteiger partial charge in [-0.1, -0.05) is 30.3 Å². The molecule has 0 saturated heterocycles. The summed E-state index contributed by atoms with van der Waals surface area (Å²) in [5.74, 6) is -0.451. The highest BCUT2D eigenvalue weighted by Crippen LogP contribution is 2.18. The second-order valence-electron chi connectivity index (χ2n) is 4.29. The fourth-order valence-electron chi connectivity index (χ4n) is 1.87. The maximum Gasteiger partial charge on any atom is 0.331 e. The van der Waals surface area contributed by atoms with Gasteiger partial charge in [0.2, 0.25) is 0 Å². The van der Waals surface area contributed by atoms with Crippen molar-refractivity contribution in [3.05, 3.63) is 47.5 Å². The molecule has 0 fully saturated rings. The molecule has 2 atom stereocenters. The van der Waals surface area contributed by atoms with E-state index < -0.39 is 24.8 Å². The second kappa shape index (κ2) is 6.47. The molecule has 0 aromatic heterocycles. The maximum absolute atomic E-state index is 11.0. The molecular weight excluding hydrogens is 248 g/mol. The fraction of sp³-hybridized carbons (Fsp3) is 0.357. The van der Waals surface area contributed by atoms with Crippen LogP contribution in [0.3, 0.4) is 0 Å². The predicted octanol–water partition coefficient (Wildman–Crippen LogP) is 0.408. The monoisotopic (exact) mass is 264 g/mol. The van der Waals surface area contributed by atoms with Crippen molar-refractivity contribution in [3.63, 3.8) is 0 Å². The van der Waals surface area contributed by atoms with E-state index >= 15 is 0 Å². The van der Waals surface area contributed by atoms with Gasteiger partial charge in [0.05, 0.1) is 13.2 Å². The van der Waals surface area contributed by atoms with Crippen molar-refractivity contribution in [1.82, 2.24) is 0 Å². The second-order valence-corrected chi connectivity index (χ2v) is 4.29. The Labute approximate surface area is 111 Å². The molecule has 2 N–H and O–H groups in total. The van der Waals surface area contributed by atoms with E-state index in [9.17, 15) is 9.90 Å². The quantitative estimate of drug-likeness (QED) is 0.728. The van der Waals surface area contributed by atoms with Gasteiger partial charge in [-0.05, 0) is 5.56 Å². The van der Waals surface area contributed by atoms with Gasteiger partial charge in [-0.15, -0.1) is 0 Å². The third-order valence-corrected chi connectivity index (χ3v) is 2.86. The van der Waals surface area contributed by atoms with Crippen molar-refractivity contribution in [2.75, 3.05) is 13.2 Å². The third-order valence-electron chi connectivity index (χ3n) is 2.86. The molecule has 0 saturated carbocycles. The van der Waals surface area contributed by atoms with Crippen molar-refractivity contribution >= 4 is 5.97 Å². The number of hydrogen-bond acceptors (Lipinski definition) is 5. The summed E-state index contributed by atoms with van der Waals surface area (Å²) in [6, 6.07) is 9.46. The molecule has 0 unspecified atom stereocenters. The van der Waals surface area contributed by atoms with Crippen LogP contribution < -0.4 is 0 Å². The van der Waals surface area contributed by atoms with E-state index in [0.717, 1.165) is 5.56 Å². The number of carbonyl (C=O) groups excluding carboxylic acids is 1. The Hall–Kier alpha value is -1.69. The lowest BCUT2D eigenvalue weighted by molar-refractivity contribution is -0.135.